The van der Waals surface area contributed by atoms with Gasteiger partial charge in [0, 0.05) is 11.8 Å². The number of aliphatic carboxylic acids is 1. The number of aryl methyl sites for hydroxylation is 1. The normalized spacial score (nSPS) is 16.2. The minimum absolute atomic E-state index is 0.0123. The summed E-state index contributed by atoms with van der Waals surface area (Å²) >= 11 is 6.11. The lowest BCUT2D eigenvalue weighted by Gasteiger charge is -2.13. The Kier molecular flexibility index (Phi) is 3.69. The number of carboxylic acids is 1. The minimum Gasteiger partial charge on any atom is -0.480 e. The van der Waals surface area contributed by atoms with Crippen molar-refractivity contribution in [2.24, 2.45) is 0 Å². The number of halogens is 1. The number of nitrogens with zero attached hydrogens (tertiary/aromatic N) is 2. The van der Waals surface area contributed by atoms with Crippen LogP contribution >= 0.6 is 11.6 Å². The van der Waals surface area contributed by atoms with E-state index in [1.54, 1.807) is 6.92 Å². The average molecular weight is 338 g/mol. The third kappa shape index (κ3) is 2.61. The molecule has 0 aromatic carbocycles. The first-order valence-corrected chi connectivity index (χ1v) is 7.17. The van der Waals surface area contributed by atoms with Gasteiger partial charge < -0.3 is 14.9 Å². The summed E-state index contributed by atoms with van der Waals surface area (Å²) < 4.78 is 5.92. The summed E-state index contributed by atoms with van der Waals surface area (Å²) in [6.45, 7) is 1.63. The highest BCUT2D eigenvalue weighted by Crippen LogP contribution is 2.30. The summed E-state index contributed by atoms with van der Waals surface area (Å²) in [4.78, 5) is 35.8. The molecule has 120 valence electrons. The van der Waals surface area contributed by atoms with Gasteiger partial charge in [-0.15, -0.1) is 0 Å². The third-order valence-electron chi connectivity index (χ3n) is 3.65. The highest BCUT2D eigenvalue weighted by atomic mass is 35.5. The van der Waals surface area contributed by atoms with Gasteiger partial charge in [-0.05, 0) is 25.8 Å². The predicted octanol–water partition coefficient (Wildman–Crippen LogP) is 1.62. The van der Waals surface area contributed by atoms with Crippen molar-refractivity contribution in [3.05, 3.63) is 44.7 Å². The number of aromatic nitrogens is 2. The molecule has 1 aliphatic rings. The van der Waals surface area contributed by atoms with Crippen molar-refractivity contribution < 1.29 is 19.2 Å². The van der Waals surface area contributed by atoms with Crippen molar-refractivity contribution in [2.75, 3.05) is 5.32 Å². The molecule has 2 aromatic rings. The molecule has 0 aliphatic carbocycles. The van der Waals surface area contributed by atoms with Crippen LogP contribution in [0.2, 0.25) is 5.02 Å². The zero-order chi connectivity index (χ0) is 16.7. The van der Waals surface area contributed by atoms with Crippen LogP contribution in [0.5, 0.6) is 0 Å². The van der Waals surface area contributed by atoms with E-state index >= 15 is 0 Å². The molecule has 3 heterocycles. The molecule has 0 fully saturated rings. The topological polar surface area (TPSA) is 114 Å². The highest BCUT2D eigenvalue weighted by molar-refractivity contribution is 6.31. The van der Waals surface area contributed by atoms with E-state index in [1.807, 2.05) is 0 Å². The van der Waals surface area contributed by atoms with E-state index < -0.39 is 23.5 Å². The molecule has 0 radical (unpaired) electrons. The van der Waals surface area contributed by atoms with Gasteiger partial charge in [-0.2, -0.15) is 0 Å². The molecule has 3 rings (SSSR count). The second kappa shape index (κ2) is 5.54. The number of anilines is 1. The van der Waals surface area contributed by atoms with E-state index in [2.05, 4.69) is 10.5 Å². The van der Waals surface area contributed by atoms with Crippen molar-refractivity contribution in [3.63, 3.8) is 0 Å². The van der Waals surface area contributed by atoms with Crippen molar-refractivity contribution in [1.29, 1.82) is 0 Å². The quantitative estimate of drug-likeness (QED) is 0.879. The van der Waals surface area contributed by atoms with E-state index in [9.17, 15) is 19.5 Å². The molecule has 0 bridgehead atoms. The monoisotopic (exact) mass is 337 g/mol. The van der Waals surface area contributed by atoms with Crippen LogP contribution in [0.3, 0.4) is 0 Å². The van der Waals surface area contributed by atoms with Crippen LogP contribution < -0.4 is 10.9 Å². The molecule has 1 amide bonds. The Morgan fingerprint density at radius 3 is 2.83 bits per heavy atom. The summed E-state index contributed by atoms with van der Waals surface area (Å²) in [7, 11) is 0. The lowest BCUT2D eigenvalue weighted by Crippen LogP contribution is -2.31. The number of hydrogen-bond acceptors (Lipinski definition) is 5. The first-order chi connectivity index (χ1) is 10.9. The van der Waals surface area contributed by atoms with Crippen LogP contribution in [0.25, 0.3) is 0 Å². The maximum atomic E-state index is 12.5. The van der Waals surface area contributed by atoms with Crippen LogP contribution in [0.1, 0.15) is 34.4 Å². The van der Waals surface area contributed by atoms with Crippen LogP contribution in [0.4, 0.5) is 5.69 Å². The largest absolute Gasteiger partial charge is 0.480 e. The number of nitrogens with one attached hydrogen (secondary N) is 1. The molecule has 2 N–H and O–H groups in total. The molecule has 0 saturated carbocycles. The summed E-state index contributed by atoms with van der Waals surface area (Å²) in [5.74, 6) is -1.30. The number of rotatable bonds is 3. The van der Waals surface area contributed by atoms with Crippen LogP contribution in [0.15, 0.2) is 21.5 Å². The Labute approximate surface area is 134 Å². The molecule has 8 nitrogen and oxygen atoms in total. The summed E-state index contributed by atoms with van der Waals surface area (Å²) in [5.41, 5.74) is -0.238. The van der Waals surface area contributed by atoms with E-state index in [0.717, 1.165) is 4.57 Å². The van der Waals surface area contributed by atoms with Crippen molar-refractivity contribution in [2.45, 2.75) is 25.8 Å². The van der Waals surface area contributed by atoms with Crippen molar-refractivity contribution >= 4 is 29.2 Å². The van der Waals surface area contributed by atoms with E-state index in [1.165, 1.54) is 12.1 Å². The van der Waals surface area contributed by atoms with Crippen LogP contribution in [0, 0.1) is 6.92 Å². The fraction of sp³-hybridized carbons (Fsp3) is 0.286. The molecule has 23 heavy (non-hydrogen) atoms. The second-order valence-electron chi connectivity index (χ2n) is 5.20. The number of amides is 1. The number of pyridine rings is 1. The average Bonchev–Trinajstić information content (AvgIpc) is 3.10. The zero-order valence-corrected chi connectivity index (χ0v) is 12.8. The van der Waals surface area contributed by atoms with Gasteiger partial charge in [0.25, 0.3) is 11.5 Å². The first kappa shape index (κ1) is 15.3. The Bertz CT molecular complexity index is 870. The van der Waals surface area contributed by atoms with Gasteiger partial charge in [0.1, 0.15) is 17.5 Å². The van der Waals surface area contributed by atoms with E-state index in [-0.39, 0.29) is 22.8 Å². The second-order valence-corrected chi connectivity index (χ2v) is 5.60. The lowest BCUT2D eigenvalue weighted by atomic mass is 10.2. The molecule has 0 saturated heterocycles. The molecule has 2 aromatic heterocycles. The molecule has 9 heteroatoms. The maximum absolute atomic E-state index is 12.5. The number of carboxylic acid groups (broad SMARTS) is 1. The van der Waals surface area contributed by atoms with E-state index in [4.69, 9.17) is 16.1 Å². The summed E-state index contributed by atoms with van der Waals surface area (Å²) in [5, 5.41) is 15.4. The Morgan fingerprint density at radius 1 is 1.48 bits per heavy atom. The number of carbonyl (C=O) groups excluding carboxylic acids is 1. The molecule has 0 unspecified atom stereocenters. The van der Waals surface area contributed by atoms with Crippen LogP contribution in [-0.2, 0) is 11.2 Å². The van der Waals surface area contributed by atoms with Gasteiger partial charge in [0.05, 0.1) is 5.02 Å². The molecular formula is C14H12ClN3O5. The number of hydrogen-bond donors (Lipinski definition) is 2. The summed E-state index contributed by atoms with van der Waals surface area (Å²) in [6.07, 6.45) is 0.673. The van der Waals surface area contributed by atoms with Gasteiger partial charge in [0.15, 0.2) is 5.69 Å². The van der Waals surface area contributed by atoms with Gasteiger partial charge in [-0.3, -0.25) is 14.2 Å². The maximum Gasteiger partial charge on any atom is 0.326 e. The van der Waals surface area contributed by atoms with Gasteiger partial charge in [-0.25, -0.2) is 4.79 Å². The van der Waals surface area contributed by atoms with Crippen LogP contribution in [-0.4, -0.2) is 26.7 Å². The molecular weight excluding hydrogens is 326 g/mol. The predicted molar refractivity (Wildman–Crippen MR) is 79.9 cm³/mol. The lowest BCUT2D eigenvalue weighted by molar-refractivity contribution is -0.140. The minimum atomic E-state index is -1.11. The van der Waals surface area contributed by atoms with Gasteiger partial charge in [0.2, 0.25) is 0 Å². The Morgan fingerprint density at radius 2 is 2.22 bits per heavy atom. The molecule has 1 aliphatic heterocycles. The Hall–Kier alpha value is -2.61. The molecule has 1 atom stereocenters. The number of carbonyl (C=O) groups is 2. The SMILES string of the molecule is Cc1cc(C(=O)Nc2cc(Cl)c3n(c2=O)[C@H](C(=O)O)CC3)no1. The Balaban J connectivity index is 2.00. The number of fused-ring (bicyclic) bond motifs is 1. The summed E-state index contributed by atoms with van der Waals surface area (Å²) in [6, 6.07) is 1.76. The molecule has 0 spiro atoms. The smallest absolute Gasteiger partial charge is 0.326 e. The fourth-order valence-corrected chi connectivity index (χ4v) is 2.89. The highest BCUT2D eigenvalue weighted by Gasteiger charge is 2.32. The van der Waals surface area contributed by atoms with Crippen molar-refractivity contribution in [3.8, 4) is 0 Å². The fourth-order valence-electron chi connectivity index (χ4n) is 2.59. The zero-order valence-electron chi connectivity index (χ0n) is 12.0. The van der Waals surface area contributed by atoms with Crippen molar-refractivity contribution in [1.82, 2.24) is 9.72 Å². The standard InChI is InChI=1S/C14H12ClN3O5/c1-6-4-8(17-23-6)12(19)16-9-5-7(15)10-2-3-11(14(21)22)18(10)13(9)20/h4-5,11H,2-3H2,1H3,(H,16,19)(H,21,22)/t11-/m0/s1. The van der Waals surface area contributed by atoms with Gasteiger partial charge in [-0.1, -0.05) is 16.8 Å². The van der Waals surface area contributed by atoms with E-state index in [0.29, 0.717) is 17.9 Å². The first-order valence-electron chi connectivity index (χ1n) is 6.80. The third-order valence-corrected chi connectivity index (χ3v) is 3.97. The van der Waals surface area contributed by atoms with Gasteiger partial charge >= 0.3 is 5.97 Å².